The summed E-state index contributed by atoms with van der Waals surface area (Å²) in [5, 5.41) is 3.28. The average Bonchev–Trinajstić information content (AvgIpc) is 2.16. The maximum atomic E-state index is 3.69. The van der Waals surface area contributed by atoms with Crippen molar-refractivity contribution >= 4 is 0 Å². The van der Waals surface area contributed by atoms with Crippen LogP contribution in [0.3, 0.4) is 0 Å². The number of hydrogen-bond acceptors (Lipinski definition) is 1. The zero-order valence-electron chi connectivity index (χ0n) is 9.30. The second kappa shape index (κ2) is 6.96. The first kappa shape index (κ1) is 12.5. The SMILES string of the molecule is C=C/C=C(\C)NC(=C/C=C)/C(C)=C\C. The molecule has 0 aromatic rings. The molecule has 0 spiro atoms. The molecule has 0 aromatic heterocycles. The van der Waals surface area contributed by atoms with E-state index in [0.717, 1.165) is 11.4 Å². The van der Waals surface area contributed by atoms with Crippen LogP contribution >= 0.6 is 0 Å². The van der Waals surface area contributed by atoms with E-state index in [1.54, 1.807) is 12.2 Å². The Balaban J connectivity index is 4.71. The van der Waals surface area contributed by atoms with E-state index in [0.29, 0.717) is 0 Å². The summed E-state index contributed by atoms with van der Waals surface area (Å²) in [4.78, 5) is 0. The van der Waals surface area contributed by atoms with Gasteiger partial charge in [-0.15, -0.1) is 0 Å². The molecule has 1 nitrogen and oxygen atoms in total. The number of allylic oxidation sites excluding steroid dienone is 7. The Morgan fingerprint density at radius 1 is 1.07 bits per heavy atom. The van der Waals surface area contributed by atoms with Crippen LogP contribution in [0.25, 0.3) is 0 Å². The molecule has 0 atom stereocenters. The highest BCUT2D eigenvalue weighted by atomic mass is 14.9. The molecular weight excluding hydrogens is 170 g/mol. The topological polar surface area (TPSA) is 12.0 Å². The second-order valence-electron chi connectivity index (χ2n) is 3.00. The first-order valence-corrected chi connectivity index (χ1v) is 4.68. The van der Waals surface area contributed by atoms with Gasteiger partial charge in [0.05, 0.1) is 0 Å². The summed E-state index contributed by atoms with van der Waals surface area (Å²) in [7, 11) is 0. The molecule has 0 aliphatic rings. The van der Waals surface area contributed by atoms with Crippen LogP contribution in [0.5, 0.6) is 0 Å². The number of hydrogen-bond donors (Lipinski definition) is 1. The summed E-state index contributed by atoms with van der Waals surface area (Å²) in [5.41, 5.74) is 3.33. The van der Waals surface area contributed by atoms with Crippen molar-refractivity contribution in [2.24, 2.45) is 0 Å². The van der Waals surface area contributed by atoms with Crippen LogP contribution in [-0.2, 0) is 0 Å². The molecule has 0 heterocycles. The first-order chi connectivity index (χ1) is 6.65. The lowest BCUT2D eigenvalue weighted by Gasteiger charge is -2.10. The van der Waals surface area contributed by atoms with Gasteiger partial charge in [-0.3, -0.25) is 0 Å². The van der Waals surface area contributed by atoms with Crippen molar-refractivity contribution in [1.29, 1.82) is 0 Å². The maximum Gasteiger partial charge on any atom is 0.0407 e. The predicted molar refractivity (Wildman–Crippen MR) is 64.8 cm³/mol. The zero-order chi connectivity index (χ0) is 11.0. The highest BCUT2D eigenvalue weighted by Gasteiger charge is 1.97. The molecule has 0 rings (SSSR count). The molecule has 14 heavy (non-hydrogen) atoms. The normalized spacial score (nSPS) is 13.8. The van der Waals surface area contributed by atoms with Crippen LogP contribution in [0, 0.1) is 0 Å². The van der Waals surface area contributed by atoms with E-state index in [1.807, 2.05) is 26.0 Å². The third-order valence-electron chi connectivity index (χ3n) is 1.84. The van der Waals surface area contributed by atoms with Crippen LogP contribution in [-0.4, -0.2) is 0 Å². The minimum atomic E-state index is 1.06. The lowest BCUT2D eigenvalue weighted by atomic mass is 10.2. The van der Waals surface area contributed by atoms with Gasteiger partial charge < -0.3 is 5.32 Å². The molecule has 0 amide bonds. The Hall–Kier alpha value is -1.50. The maximum absolute atomic E-state index is 3.69. The van der Waals surface area contributed by atoms with Crippen LogP contribution in [0.2, 0.25) is 0 Å². The molecule has 0 aliphatic heterocycles. The van der Waals surface area contributed by atoms with Crippen LogP contribution in [0.15, 0.2) is 60.5 Å². The van der Waals surface area contributed by atoms with E-state index >= 15 is 0 Å². The second-order valence-corrected chi connectivity index (χ2v) is 3.00. The van der Waals surface area contributed by atoms with Gasteiger partial charge in [-0.1, -0.05) is 31.4 Å². The number of rotatable bonds is 5. The van der Waals surface area contributed by atoms with Crippen LogP contribution in [0.4, 0.5) is 0 Å². The van der Waals surface area contributed by atoms with Gasteiger partial charge in [-0.25, -0.2) is 0 Å². The van der Waals surface area contributed by atoms with Crippen molar-refractivity contribution in [3.05, 3.63) is 60.5 Å². The van der Waals surface area contributed by atoms with E-state index in [-0.39, 0.29) is 0 Å². The summed E-state index contributed by atoms with van der Waals surface area (Å²) in [5.74, 6) is 0. The Labute approximate surface area is 87.2 Å². The van der Waals surface area contributed by atoms with Gasteiger partial charge in [0.1, 0.15) is 0 Å². The molecule has 0 fully saturated rings. The van der Waals surface area contributed by atoms with Gasteiger partial charge in [0, 0.05) is 11.4 Å². The standard InChI is InChI=1S/C13H19N/c1-6-9-12(5)14-13(10-7-2)11(4)8-3/h6-10,14H,1-2H2,3-5H3/b11-8-,12-9+,13-10+. The lowest BCUT2D eigenvalue weighted by Crippen LogP contribution is -2.11. The van der Waals surface area contributed by atoms with Crippen molar-refractivity contribution in [3.8, 4) is 0 Å². The highest BCUT2D eigenvalue weighted by molar-refractivity contribution is 5.32. The van der Waals surface area contributed by atoms with E-state index in [4.69, 9.17) is 0 Å². The van der Waals surface area contributed by atoms with E-state index < -0.39 is 0 Å². The van der Waals surface area contributed by atoms with Gasteiger partial charge in [-0.05, 0) is 38.5 Å². The minimum absolute atomic E-state index is 1.06. The Kier molecular flexibility index (Phi) is 6.21. The van der Waals surface area contributed by atoms with Gasteiger partial charge in [-0.2, -0.15) is 0 Å². The largest absolute Gasteiger partial charge is 0.359 e. The summed E-state index contributed by atoms with van der Waals surface area (Å²) in [6.07, 6.45) is 9.48. The molecule has 0 radical (unpaired) electrons. The van der Waals surface area contributed by atoms with Gasteiger partial charge in [0.2, 0.25) is 0 Å². The van der Waals surface area contributed by atoms with Crippen molar-refractivity contribution in [3.63, 3.8) is 0 Å². The Morgan fingerprint density at radius 3 is 2.07 bits per heavy atom. The van der Waals surface area contributed by atoms with Crippen molar-refractivity contribution < 1.29 is 0 Å². The zero-order valence-corrected chi connectivity index (χ0v) is 9.30. The van der Waals surface area contributed by atoms with E-state index in [1.165, 1.54) is 5.57 Å². The van der Waals surface area contributed by atoms with Crippen LogP contribution < -0.4 is 5.32 Å². The minimum Gasteiger partial charge on any atom is -0.359 e. The molecule has 76 valence electrons. The highest BCUT2D eigenvalue weighted by Crippen LogP contribution is 2.07. The van der Waals surface area contributed by atoms with Crippen molar-refractivity contribution in [1.82, 2.24) is 5.32 Å². The molecule has 1 heteroatoms. The quantitative estimate of drug-likeness (QED) is 0.650. The third-order valence-corrected chi connectivity index (χ3v) is 1.84. The summed E-state index contributed by atoms with van der Waals surface area (Å²) < 4.78 is 0. The molecule has 0 unspecified atom stereocenters. The first-order valence-electron chi connectivity index (χ1n) is 4.68. The van der Waals surface area contributed by atoms with E-state index in [9.17, 15) is 0 Å². The summed E-state index contributed by atoms with van der Waals surface area (Å²) in [6.45, 7) is 13.4. The lowest BCUT2D eigenvalue weighted by molar-refractivity contribution is 0.974. The average molecular weight is 189 g/mol. The van der Waals surface area contributed by atoms with Crippen molar-refractivity contribution in [2.45, 2.75) is 20.8 Å². The molecule has 0 aromatic carbocycles. The number of nitrogens with one attached hydrogen (secondary N) is 1. The van der Waals surface area contributed by atoms with Crippen molar-refractivity contribution in [2.75, 3.05) is 0 Å². The fraction of sp³-hybridized carbons (Fsp3) is 0.231. The molecule has 0 saturated carbocycles. The van der Waals surface area contributed by atoms with Crippen LogP contribution in [0.1, 0.15) is 20.8 Å². The fourth-order valence-electron chi connectivity index (χ4n) is 0.976. The monoisotopic (exact) mass is 189 g/mol. The van der Waals surface area contributed by atoms with Gasteiger partial charge in [0.15, 0.2) is 0 Å². The molecular formula is C13H19N. The smallest absolute Gasteiger partial charge is 0.0407 e. The van der Waals surface area contributed by atoms with Gasteiger partial charge in [0.25, 0.3) is 0 Å². The Bertz CT molecular complexity index is 290. The molecule has 0 saturated heterocycles. The Morgan fingerprint density at radius 2 is 1.64 bits per heavy atom. The molecule has 1 N–H and O–H groups in total. The molecule has 0 bridgehead atoms. The van der Waals surface area contributed by atoms with Gasteiger partial charge >= 0.3 is 0 Å². The van der Waals surface area contributed by atoms with E-state index in [2.05, 4.69) is 31.5 Å². The fourth-order valence-corrected chi connectivity index (χ4v) is 0.976. The molecule has 0 aliphatic carbocycles. The summed E-state index contributed by atoms with van der Waals surface area (Å²) in [6, 6.07) is 0. The predicted octanol–water partition coefficient (Wildman–Crippen LogP) is 3.70. The summed E-state index contributed by atoms with van der Waals surface area (Å²) >= 11 is 0. The third kappa shape index (κ3) is 4.51.